The van der Waals surface area contributed by atoms with Crippen molar-refractivity contribution in [3.05, 3.63) is 49.5 Å². The summed E-state index contributed by atoms with van der Waals surface area (Å²) in [5, 5.41) is 23.0. The smallest absolute Gasteiger partial charge is 0.262 e. The number of fused-ring (bicyclic) bond motifs is 2. The van der Waals surface area contributed by atoms with Gasteiger partial charge in [-0.1, -0.05) is 29.6 Å². The molecule has 0 spiro atoms. The van der Waals surface area contributed by atoms with E-state index in [0.29, 0.717) is 34.7 Å². The lowest BCUT2D eigenvalue weighted by atomic mass is 9.85. The summed E-state index contributed by atoms with van der Waals surface area (Å²) in [5.41, 5.74) is -1.03. The molecule has 2 aromatic heterocycles. The summed E-state index contributed by atoms with van der Waals surface area (Å²) in [4.78, 5) is 36.3. The van der Waals surface area contributed by atoms with Crippen LogP contribution in [-0.2, 0) is 13.1 Å². The van der Waals surface area contributed by atoms with Crippen molar-refractivity contribution in [3.8, 4) is 29.0 Å². The number of thioether (sulfide) groups is 2. The summed E-state index contributed by atoms with van der Waals surface area (Å²) in [6, 6.07) is 3.22. The van der Waals surface area contributed by atoms with Crippen LogP contribution in [0, 0.1) is 0 Å². The number of hydrogen-bond acceptors (Lipinski definition) is 11. The fraction of sp³-hybridized carbons (Fsp3) is 0.417. The van der Waals surface area contributed by atoms with E-state index < -0.39 is 28.8 Å². The maximum absolute atomic E-state index is 13.8. The number of aromatic hydroxyl groups is 2. The molecule has 2 N–H and O–H groups in total. The van der Waals surface area contributed by atoms with Gasteiger partial charge >= 0.3 is 0 Å². The minimum absolute atomic E-state index is 0.157. The number of methoxy groups -OCH3 is 3. The lowest BCUT2D eigenvalue weighted by Gasteiger charge is -2.26. The molecule has 13 heteroatoms. The molecule has 1 aromatic carbocycles. The van der Waals surface area contributed by atoms with Crippen LogP contribution < -0.4 is 25.3 Å². The largest absolute Gasteiger partial charge is 0.493 e. The lowest BCUT2D eigenvalue weighted by Crippen LogP contribution is -2.35. The van der Waals surface area contributed by atoms with E-state index in [1.54, 1.807) is 12.1 Å². The molecule has 0 aliphatic carbocycles. The first-order valence-electron chi connectivity index (χ1n) is 11.6. The van der Waals surface area contributed by atoms with Crippen molar-refractivity contribution in [2.24, 2.45) is 0 Å². The Morgan fingerprint density at radius 1 is 0.811 bits per heavy atom. The van der Waals surface area contributed by atoms with E-state index in [4.69, 9.17) is 14.2 Å². The van der Waals surface area contributed by atoms with E-state index in [2.05, 4.69) is 9.97 Å². The highest BCUT2D eigenvalue weighted by Gasteiger charge is 2.37. The van der Waals surface area contributed by atoms with Crippen LogP contribution in [0.1, 0.15) is 35.4 Å². The molecule has 2 aliphatic heterocycles. The van der Waals surface area contributed by atoms with Crippen molar-refractivity contribution < 1.29 is 24.4 Å². The number of rotatable bonds is 6. The molecule has 37 heavy (non-hydrogen) atoms. The molecule has 0 amide bonds. The van der Waals surface area contributed by atoms with Crippen LogP contribution in [0.15, 0.2) is 32.0 Å². The summed E-state index contributed by atoms with van der Waals surface area (Å²) < 4.78 is 19.6. The summed E-state index contributed by atoms with van der Waals surface area (Å²) in [6.07, 6.45) is 1.50. The van der Waals surface area contributed by atoms with E-state index in [-0.39, 0.29) is 22.6 Å². The number of benzene rings is 1. The van der Waals surface area contributed by atoms with Gasteiger partial charge in [-0.3, -0.25) is 18.7 Å². The maximum Gasteiger partial charge on any atom is 0.262 e. The third-order valence-electron chi connectivity index (χ3n) is 6.44. The number of nitrogens with zero attached hydrogens (tertiary/aromatic N) is 4. The van der Waals surface area contributed by atoms with E-state index in [9.17, 15) is 19.8 Å². The Morgan fingerprint density at radius 2 is 1.32 bits per heavy atom. The Hall–Kier alpha value is -3.32. The summed E-state index contributed by atoms with van der Waals surface area (Å²) >= 11 is 2.75. The van der Waals surface area contributed by atoms with Gasteiger partial charge in [0.15, 0.2) is 21.8 Å². The van der Waals surface area contributed by atoms with Crippen molar-refractivity contribution in [1.29, 1.82) is 0 Å². The minimum Gasteiger partial charge on any atom is -0.493 e. The number of hydrogen-bond donors (Lipinski definition) is 2. The molecule has 3 aromatic rings. The standard InChI is InChI=1S/C24H26N4O7S2/c1-33-13-7-6-12(17(34-2)18(13)35-3)14(15-19(29)25-23-27(21(15)31)8-4-10-36-23)16-20(30)26-24-28(22(16)32)9-5-11-37-24/h6-7,14,29-30H,4-5,8-11H2,1-3H3. The highest BCUT2D eigenvalue weighted by atomic mass is 32.2. The maximum atomic E-state index is 13.8. The molecular formula is C24H26N4O7S2. The fourth-order valence-corrected chi connectivity index (χ4v) is 6.65. The predicted octanol–water partition coefficient (Wildman–Crippen LogP) is 2.41. The molecule has 5 rings (SSSR count). The average Bonchev–Trinajstić information content (AvgIpc) is 2.91. The first-order chi connectivity index (χ1) is 17.9. The lowest BCUT2D eigenvalue weighted by molar-refractivity contribution is 0.321. The van der Waals surface area contributed by atoms with Gasteiger partial charge in [0.25, 0.3) is 11.1 Å². The van der Waals surface area contributed by atoms with Gasteiger partial charge in [-0.05, 0) is 18.9 Å². The molecule has 0 bridgehead atoms. The van der Waals surface area contributed by atoms with E-state index in [1.165, 1.54) is 54.0 Å². The third-order valence-corrected chi connectivity index (χ3v) is 8.56. The van der Waals surface area contributed by atoms with Crippen molar-refractivity contribution in [2.75, 3.05) is 32.8 Å². The second-order valence-corrected chi connectivity index (χ2v) is 10.6. The first kappa shape index (κ1) is 25.3. The summed E-state index contributed by atoms with van der Waals surface area (Å²) in [5.74, 6) is 0.00674. The fourth-order valence-electron chi connectivity index (χ4n) is 4.78. The highest BCUT2D eigenvalue weighted by Crippen LogP contribution is 2.47. The molecular weight excluding hydrogens is 520 g/mol. The van der Waals surface area contributed by atoms with E-state index in [1.807, 2.05) is 0 Å². The van der Waals surface area contributed by atoms with Gasteiger partial charge < -0.3 is 24.4 Å². The Morgan fingerprint density at radius 3 is 1.78 bits per heavy atom. The first-order valence-corrected chi connectivity index (χ1v) is 13.6. The molecule has 4 heterocycles. The molecule has 0 unspecified atom stereocenters. The Bertz CT molecular complexity index is 1410. The van der Waals surface area contributed by atoms with Crippen LogP contribution in [0.3, 0.4) is 0 Å². The van der Waals surface area contributed by atoms with Gasteiger partial charge in [0.05, 0.1) is 38.4 Å². The molecule has 0 radical (unpaired) electrons. The van der Waals surface area contributed by atoms with Crippen molar-refractivity contribution in [3.63, 3.8) is 0 Å². The van der Waals surface area contributed by atoms with E-state index in [0.717, 1.165) is 24.3 Å². The molecule has 0 atom stereocenters. The number of ether oxygens (including phenoxy) is 3. The van der Waals surface area contributed by atoms with Crippen LogP contribution in [-0.4, -0.2) is 62.2 Å². The average molecular weight is 547 g/mol. The van der Waals surface area contributed by atoms with Gasteiger partial charge in [0, 0.05) is 30.2 Å². The zero-order valence-corrected chi connectivity index (χ0v) is 22.1. The van der Waals surface area contributed by atoms with E-state index >= 15 is 0 Å². The van der Waals surface area contributed by atoms with Crippen LogP contribution in [0.5, 0.6) is 29.0 Å². The zero-order chi connectivity index (χ0) is 26.3. The quantitative estimate of drug-likeness (QED) is 0.441. The normalized spacial score (nSPS) is 14.7. The topological polar surface area (TPSA) is 138 Å². The van der Waals surface area contributed by atoms with Crippen LogP contribution >= 0.6 is 23.5 Å². The van der Waals surface area contributed by atoms with Crippen molar-refractivity contribution in [2.45, 2.75) is 42.2 Å². The van der Waals surface area contributed by atoms with Crippen LogP contribution in [0.25, 0.3) is 0 Å². The van der Waals surface area contributed by atoms with Crippen LogP contribution in [0.4, 0.5) is 0 Å². The molecule has 0 fully saturated rings. The second-order valence-electron chi connectivity index (χ2n) is 8.44. The van der Waals surface area contributed by atoms with Gasteiger partial charge in [-0.25, -0.2) is 0 Å². The summed E-state index contributed by atoms with van der Waals surface area (Å²) in [6.45, 7) is 0.836. The summed E-state index contributed by atoms with van der Waals surface area (Å²) in [7, 11) is 4.33. The molecule has 2 aliphatic rings. The molecule has 196 valence electrons. The Labute approximate surface area is 220 Å². The van der Waals surface area contributed by atoms with Gasteiger partial charge in [0.1, 0.15) is 0 Å². The van der Waals surface area contributed by atoms with Gasteiger partial charge in [0.2, 0.25) is 17.5 Å². The van der Waals surface area contributed by atoms with Gasteiger partial charge in [-0.2, -0.15) is 9.97 Å². The number of aromatic nitrogens is 4. The molecule has 0 saturated heterocycles. The Balaban J connectivity index is 1.88. The Kier molecular flexibility index (Phi) is 6.99. The minimum atomic E-state index is -1.26. The van der Waals surface area contributed by atoms with Crippen LogP contribution in [0.2, 0.25) is 0 Å². The second kappa shape index (κ2) is 10.2. The SMILES string of the molecule is COc1ccc(C(c2c(O)nc3n(c2=O)CCCS3)c2c(O)nc3n(c2=O)CCCS3)c(OC)c1OC. The zero-order valence-electron chi connectivity index (χ0n) is 20.5. The predicted molar refractivity (Wildman–Crippen MR) is 138 cm³/mol. The third kappa shape index (κ3) is 4.19. The van der Waals surface area contributed by atoms with Gasteiger partial charge in [-0.15, -0.1) is 0 Å². The molecule has 0 saturated carbocycles. The van der Waals surface area contributed by atoms with Crippen molar-refractivity contribution >= 4 is 23.5 Å². The van der Waals surface area contributed by atoms with Crippen molar-refractivity contribution in [1.82, 2.24) is 19.1 Å². The monoisotopic (exact) mass is 546 g/mol. The molecule has 11 nitrogen and oxygen atoms in total. The highest BCUT2D eigenvalue weighted by molar-refractivity contribution is 7.99.